The Hall–Kier alpha value is -3.34. The SMILES string of the molecule is COc1cc2c(cc1NS(=O)(=O)c1ccc([N+](=O)[O-])cc1)CCN(C(=O)OC(C)(C)C)CC2. The van der Waals surface area contributed by atoms with Gasteiger partial charge in [0, 0.05) is 25.2 Å². The van der Waals surface area contributed by atoms with Crippen molar-refractivity contribution in [2.75, 3.05) is 24.9 Å². The van der Waals surface area contributed by atoms with Crippen LogP contribution in [0.2, 0.25) is 0 Å². The summed E-state index contributed by atoms with van der Waals surface area (Å²) in [5, 5.41) is 10.8. The zero-order valence-corrected chi connectivity index (χ0v) is 19.8. The van der Waals surface area contributed by atoms with E-state index in [9.17, 15) is 23.3 Å². The first-order valence-corrected chi connectivity index (χ1v) is 11.8. The van der Waals surface area contributed by atoms with E-state index in [1.54, 1.807) is 17.0 Å². The molecule has 0 saturated carbocycles. The fourth-order valence-electron chi connectivity index (χ4n) is 3.46. The van der Waals surface area contributed by atoms with E-state index in [0.717, 1.165) is 23.3 Å². The molecule has 1 heterocycles. The van der Waals surface area contributed by atoms with Crippen molar-refractivity contribution in [1.29, 1.82) is 0 Å². The quantitative estimate of drug-likeness (QED) is 0.513. The number of hydrogen-bond donors (Lipinski definition) is 1. The average Bonchev–Trinajstić information content (AvgIpc) is 2.94. The molecule has 10 nitrogen and oxygen atoms in total. The first kappa shape index (κ1) is 24.3. The van der Waals surface area contributed by atoms with E-state index in [1.165, 1.54) is 19.2 Å². The molecule has 0 saturated heterocycles. The largest absolute Gasteiger partial charge is 0.495 e. The lowest BCUT2D eigenvalue weighted by atomic mass is 10.0. The van der Waals surface area contributed by atoms with Gasteiger partial charge in [0.2, 0.25) is 0 Å². The Morgan fingerprint density at radius 3 is 2.18 bits per heavy atom. The van der Waals surface area contributed by atoms with Crippen molar-refractivity contribution < 1.29 is 27.6 Å². The number of carbonyl (C=O) groups is 1. The van der Waals surface area contributed by atoms with Gasteiger partial charge in [0.05, 0.1) is 22.6 Å². The third-order valence-corrected chi connectivity index (χ3v) is 6.46. The van der Waals surface area contributed by atoms with Crippen LogP contribution < -0.4 is 9.46 Å². The number of nitro groups is 1. The number of nitrogens with one attached hydrogen (secondary N) is 1. The number of methoxy groups -OCH3 is 1. The Labute approximate surface area is 192 Å². The van der Waals surface area contributed by atoms with Crippen LogP contribution in [0.25, 0.3) is 0 Å². The Balaban J connectivity index is 1.83. The molecule has 0 bridgehead atoms. The van der Waals surface area contributed by atoms with Gasteiger partial charge in [-0.25, -0.2) is 13.2 Å². The van der Waals surface area contributed by atoms with Gasteiger partial charge >= 0.3 is 6.09 Å². The summed E-state index contributed by atoms with van der Waals surface area (Å²) in [5.74, 6) is 0.338. The van der Waals surface area contributed by atoms with E-state index in [2.05, 4.69) is 4.72 Å². The molecule has 1 amide bonds. The number of nitro benzene ring substituents is 1. The molecule has 3 rings (SSSR count). The minimum atomic E-state index is -4.01. The number of ether oxygens (including phenoxy) is 2. The molecule has 1 aliphatic rings. The molecule has 0 fully saturated rings. The number of hydrogen-bond acceptors (Lipinski definition) is 7. The van der Waals surface area contributed by atoms with Gasteiger partial charge in [0.1, 0.15) is 11.4 Å². The number of rotatable bonds is 5. The zero-order chi connectivity index (χ0) is 24.4. The molecule has 11 heteroatoms. The number of nitrogens with zero attached hydrogens (tertiary/aromatic N) is 2. The van der Waals surface area contributed by atoms with Gasteiger partial charge in [-0.2, -0.15) is 0 Å². The van der Waals surface area contributed by atoms with Crippen molar-refractivity contribution in [2.24, 2.45) is 0 Å². The highest BCUT2D eigenvalue weighted by Crippen LogP contribution is 2.32. The van der Waals surface area contributed by atoms with E-state index in [4.69, 9.17) is 9.47 Å². The molecule has 0 aliphatic carbocycles. The second-order valence-electron chi connectivity index (χ2n) is 8.65. The average molecular weight is 478 g/mol. The molecule has 0 spiro atoms. The van der Waals surface area contributed by atoms with Crippen molar-refractivity contribution in [3.63, 3.8) is 0 Å². The Kier molecular flexibility index (Phi) is 6.82. The smallest absolute Gasteiger partial charge is 0.410 e. The van der Waals surface area contributed by atoms with Crippen LogP contribution >= 0.6 is 0 Å². The van der Waals surface area contributed by atoms with Gasteiger partial charge in [-0.3, -0.25) is 14.8 Å². The summed E-state index contributed by atoms with van der Waals surface area (Å²) in [7, 11) is -2.57. The maximum Gasteiger partial charge on any atom is 0.410 e. The number of carbonyl (C=O) groups excluding carboxylic acids is 1. The molecule has 0 unspecified atom stereocenters. The maximum absolute atomic E-state index is 12.9. The standard InChI is InChI=1S/C22H27N3O7S/c1-22(2,3)32-21(26)24-11-9-15-13-19(20(31-4)14-16(15)10-12-24)23-33(29,30)18-7-5-17(6-8-18)25(27)28/h5-8,13-14,23H,9-12H2,1-4H3. The van der Waals surface area contributed by atoms with Crippen molar-refractivity contribution in [3.05, 3.63) is 57.6 Å². The fraction of sp³-hybridized carbons (Fsp3) is 0.409. The summed E-state index contributed by atoms with van der Waals surface area (Å²) in [4.78, 5) is 24.2. The molecule has 2 aromatic rings. The second-order valence-corrected chi connectivity index (χ2v) is 10.3. The zero-order valence-electron chi connectivity index (χ0n) is 19.0. The van der Waals surface area contributed by atoms with Crippen LogP contribution in [0.3, 0.4) is 0 Å². The number of sulfonamides is 1. The summed E-state index contributed by atoms with van der Waals surface area (Å²) in [5.41, 5.74) is 1.30. The molecular weight excluding hydrogens is 450 g/mol. The van der Waals surface area contributed by atoms with E-state index in [-0.39, 0.29) is 22.4 Å². The van der Waals surface area contributed by atoms with Crippen molar-refractivity contribution in [2.45, 2.75) is 44.1 Å². The van der Waals surface area contributed by atoms with Gasteiger partial charge < -0.3 is 14.4 Å². The van der Waals surface area contributed by atoms with E-state index < -0.39 is 20.5 Å². The molecular formula is C22H27N3O7S. The lowest BCUT2D eigenvalue weighted by Gasteiger charge is -2.26. The Morgan fingerprint density at radius 2 is 1.67 bits per heavy atom. The van der Waals surface area contributed by atoms with Crippen molar-refractivity contribution in [3.8, 4) is 5.75 Å². The molecule has 1 aliphatic heterocycles. The predicted octanol–water partition coefficient (Wildman–Crippen LogP) is 3.74. The van der Waals surface area contributed by atoms with Crippen molar-refractivity contribution in [1.82, 2.24) is 4.90 Å². The van der Waals surface area contributed by atoms with E-state index >= 15 is 0 Å². The fourth-order valence-corrected chi connectivity index (χ4v) is 4.52. The highest BCUT2D eigenvalue weighted by molar-refractivity contribution is 7.92. The summed E-state index contributed by atoms with van der Waals surface area (Å²) < 4.78 is 39.1. The van der Waals surface area contributed by atoms with Gasteiger partial charge in [-0.15, -0.1) is 0 Å². The third-order valence-electron chi connectivity index (χ3n) is 5.08. The molecule has 0 aromatic heterocycles. The molecule has 2 aromatic carbocycles. The number of fused-ring (bicyclic) bond motifs is 1. The van der Waals surface area contributed by atoms with Crippen LogP contribution in [0.5, 0.6) is 5.75 Å². The van der Waals surface area contributed by atoms with Crippen molar-refractivity contribution >= 4 is 27.5 Å². The topological polar surface area (TPSA) is 128 Å². The summed E-state index contributed by atoms with van der Waals surface area (Å²) >= 11 is 0. The molecule has 0 atom stereocenters. The minimum Gasteiger partial charge on any atom is -0.495 e. The number of non-ortho nitro benzene ring substituents is 1. The van der Waals surface area contributed by atoms with Gasteiger partial charge in [0.25, 0.3) is 15.7 Å². The first-order chi connectivity index (χ1) is 15.4. The highest BCUT2D eigenvalue weighted by atomic mass is 32.2. The lowest BCUT2D eigenvalue weighted by molar-refractivity contribution is -0.384. The van der Waals surface area contributed by atoms with Crippen LogP contribution in [0.15, 0.2) is 41.3 Å². The highest BCUT2D eigenvalue weighted by Gasteiger charge is 2.26. The normalized spacial score (nSPS) is 14.1. The molecule has 178 valence electrons. The predicted molar refractivity (Wildman–Crippen MR) is 122 cm³/mol. The maximum atomic E-state index is 12.9. The number of anilines is 1. The first-order valence-electron chi connectivity index (χ1n) is 10.3. The minimum absolute atomic E-state index is 0.110. The monoisotopic (exact) mass is 477 g/mol. The van der Waals surface area contributed by atoms with Crippen LogP contribution in [0.1, 0.15) is 31.9 Å². The summed E-state index contributed by atoms with van der Waals surface area (Å²) in [6.45, 7) is 6.34. The van der Waals surface area contributed by atoms with Crippen LogP contribution in [0.4, 0.5) is 16.2 Å². The summed E-state index contributed by atoms with van der Waals surface area (Å²) in [6.07, 6.45) is 0.701. The summed E-state index contributed by atoms with van der Waals surface area (Å²) in [6, 6.07) is 8.09. The van der Waals surface area contributed by atoms with Crippen LogP contribution in [-0.4, -0.2) is 50.1 Å². The molecule has 1 N–H and O–H groups in total. The van der Waals surface area contributed by atoms with Gasteiger partial charge in [-0.05, 0) is 69.0 Å². The Morgan fingerprint density at radius 1 is 1.09 bits per heavy atom. The third kappa shape index (κ3) is 5.92. The molecule has 33 heavy (non-hydrogen) atoms. The van der Waals surface area contributed by atoms with E-state index in [0.29, 0.717) is 31.7 Å². The molecule has 0 radical (unpaired) electrons. The number of amides is 1. The lowest BCUT2D eigenvalue weighted by Crippen LogP contribution is -2.38. The Bertz CT molecular complexity index is 1160. The van der Waals surface area contributed by atoms with Crippen LogP contribution in [-0.2, 0) is 27.6 Å². The van der Waals surface area contributed by atoms with Gasteiger partial charge in [0.15, 0.2) is 0 Å². The van der Waals surface area contributed by atoms with Gasteiger partial charge in [-0.1, -0.05) is 0 Å². The van der Waals surface area contributed by atoms with E-state index in [1.807, 2.05) is 20.8 Å². The second kappa shape index (κ2) is 9.26. The number of benzene rings is 2. The van der Waals surface area contributed by atoms with Crippen LogP contribution in [0, 0.1) is 10.1 Å².